The van der Waals surface area contributed by atoms with Gasteiger partial charge < -0.3 is 11.1 Å². The monoisotopic (exact) mass is 266 g/mol. The number of hydrogen-bond donors (Lipinski definition) is 2. The second-order valence-corrected chi connectivity index (χ2v) is 4.76. The van der Waals surface area contributed by atoms with Crippen molar-refractivity contribution in [1.29, 1.82) is 0 Å². The third-order valence-corrected chi connectivity index (χ3v) is 3.18. The molecule has 1 unspecified atom stereocenters. The maximum absolute atomic E-state index is 12.0. The number of carbonyl (C=O) groups excluding carboxylic acids is 1. The smallest absolute Gasteiger partial charge is 0.245 e. The first-order valence-electron chi connectivity index (χ1n) is 5.55. The van der Waals surface area contributed by atoms with Crippen LogP contribution in [0.4, 0.5) is 5.13 Å². The molecule has 0 fully saturated rings. The van der Waals surface area contributed by atoms with Crippen LogP contribution in [0.25, 0.3) is 0 Å². The van der Waals surface area contributed by atoms with Gasteiger partial charge >= 0.3 is 0 Å². The molecule has 2 rings (SSSR count). The molecule has 96 valence electrons. The van der Waals surface area contributed by atoms with Crippen molar-refractivity contribution < 1.29 is 4.79 Å². The molecule has 0 spiro atoms. The Kier molecular flexibility index (Phi) is 3.88. The Hall–Kier alpha value is -1.96. The fourth-order valence-corrected chi connectivity index (χ4v) is 2.13. The minimum absolute atomic E-state index is 0.0880. The van der Waals surface area contributed by atoms with Crippen molar-refractivity contribution in [3.8, 4) is 0 Å². The zero-order valence-corrected chi connectivity index (χ0v) is 10.7. The van der Waals surface area contributed by atoms with Crippen molar-refractivity contribution >= 4 is 22.4 Å². The van der Waals surface area contributed by atoms with Crippen molar-refractivity contribution in [2.45, 2.75) is 25.9 Å². The SMILES string of the molecule is CCC(C(=O)NCc1nnc(N)s1)n1cccn1. The predicted octanol–water partition coefficient (Wildman–Crippen LogP) is 0.584. The molecule has 0 aliphatic rings. The largest absolute Gasteiger partial charge is 0.374 e. The summed E-state index contributed by atoms with van der Waals surface area (Å²) in [7, 11) is 0. The van der Waals surface area contributed by atoms with E-state index in [0.29, 0.717) is 23.1 Å². The highest BCUT2D eigenvalue weighted by atomic mass is 32.1. The topological polar surface area (TPSA) is 98.7 Å². The molecule has 0 radical (unpaired) electrons. The van der Waals surface area contributed by atoms with E-state index in [4.69, 9.17) is 5.73 Å². The van der Waals surface area contributed by atoms with Gasteiger partial charge in [-0.05, 0) is 12.5 Å². The fraction of sp³-hybridized carbons (Fsp3) is 0.400. The van der Waals surface area contributed by atoms with Crippen LogP contribution in [0.1, 0.15) is 24.4 Å². The zero-order valence-electron chi connectivity index (χ0n) is 9.91. The van der Waals surface area contributed by atoms with Gasteiger partial charge in [-0.1, -0.05) is 18.3 Å². The summed E-state index contributed by atoms with van der Waals surface area (Å²) < 4.78 is 1.64. The van der Waals surface area contributed by atoms with E-state index >= 15 is 0 Å². The van der Waals surface area contributed by atoms with E-state index in [-0.39, 0.29) is 11.9 Å². The van der Waals surface area contributed by atoms with E-state index in [0.717, 1.165) is 0 Å². The second-order valence-electron chi connectivity index (χ2n) is 3.66. The summed E-state index contributed by atoms with van der Waals surface area (Å²) in [6.45, 7) is 2.28. The first-order valence-corrected chi connectivity index (χ1v) is 6.37. The molecule has 1 atom stereocenters. The molecule has 2 aromatic heterocycles. The second kappa shape index (κ2) is 5.58. The van der Waals surface area contributed by atoms with E-state index < -0.39 is 0 Å². The van der Waals surface area contributed by atoms with Gasteiger partial charge in [-0.3, -0.25) is 9.48 Å². The van der Waals surface area contributed by atoms with Crippen LogP contribution in [0.5, 0.6) is 0 Å². The molecule has 2 aromatic rings. The van der Waals surface area contributed by atoms with Crippen molar-refractivity contribution in [1.82, 2.24) is 25.3 Å². The molecule has 0 saturated carbocycles. The minimum atomic E-state index is -0.301. The quantitative estimate of drug-likeness (QED) is 0.825. The molecule has 0 bridgehead atoms. The van der Waals surface area contributed by atoms with Crippen LogP contribution >= 0.6 is 11.3 Å². The maximum atomic E-state index is 12.0. The Labute approximate surface area is 108 Å². The Bertz CT molecular complexity index is 508. The third kappa shape index (κ3) is 2.83. The van der Waals surface area contributed by atoms with Gasteiger partial charge in [0.2, 0.25) is 11.0 Å². The lowest BCUT2D eigenvalue weighted by atomic mass is 10.2. The summed E-state index contributed by atoms with van der Waals surface area (Å²) in [5, 5.41) is 15.5. The highest BCUT2D eigenvalue weighted by molar-refractivity contribution is 7.15. The number of carbonyl (C=O) groups is 1. The van der Waals surface area contributed by atoms with E-state index in [9.17, 15) is 4.79 Å². The number of aromatic nitrogens is 4. The van der Waals surface area contributed by atoms with Crippen molar-refractivity contribution in [3.63, 3.8) is 0 Å². The van der Waals surface area contributed by atoms with Crippen molar-refractivity contribution in [2.24, 2.45) is 0 Å². The standard InChI is InChI=1S/C10H14N6OS/c1-2-7(16-5-3-4-13-16)9(17)12-6-8-14-15-10(11)18-8/h3-5,7H,2,6H2,1H3,(H2,11,15)(H,12,17). The Balaban J connectivity index is 1.94. The fourth-order valence-electron chi connectivity index (χ4n) is 1.58. The predicted molar refractivity (Wildman–Crippen MR) is 67.7 cm³/mol. The molecule has 7 nitrogen and oxygen atoms in total. The number of amides is 1. The summed E-state index contributed by atoms with van der Waals surface area (Å²) in [6, 6.07) is 1.49. The first kappa shape index (κ1) is 12.5. The number of nitrogens with two attached hydrogens (primary N) is 1. The molecule has 1 amide bonds. The van der Waals surface area contributed by atoms with Crippen molar-refractivity contribution in [3.05, 3.63) is 23.5 Å². The van der Waals surface area contributed by atoms with Gasteiger partial charge in [-0.15, -0.1) is 10.2 Å². The Morgan fingerprint density at radius 1 is 1.61 bits per heavy atom. The highest BCUT2D eigenvalue weighted by Crippen LogP contribution is 2.12. The average molecular weight is 266 g/mol. The van der Waals surface area contributed by atoms with Gasteiger partial charge in [0.25, 0.3) is 0 Å². The Morgan fingerprint density at radius 2 is 2.44 bits per heavy atom. The molecule has 2 heterocycles. The lowest BCUT2D eigenvalue weighted by molar-refractivity contribution is -0.124. The molecule has 0 aromatic carbocycles. The molecule has 0 saturated heterocycles. The normalized spacial score (nSPS) is 12.3. The van der Waals surface area contributed by atoms with Gasteiger partial charge in [-0.25, -0.2) is 0 Å². The average Bonchev–Trinajstić information content (AvgIpc) is 2.99. The lowest BCUT2D eigenvalue weighted by Gasteiger charge is -2.14. The highest BCUT2D eigenvalue weighted by Gasteiger charge is 2.18. The molecule has 0 aliphatic carbocycles. The van der Waals surface area contributed by atoms with E-state index in [1.54, 1.807) is 23.1 Å². The summed E-state index contributed by atoms with van der Waals surface area (Å²) in [5.41, 5.74) is 5.47. The summed E-state index contributed by atoms with van der Waals surface area (Å²) >= 11 is 1.26. The molecular formula is C10H14N6OS. The van der Waals surface area contributed by atoms with Crippen LogP contribution < -0.4 is 11.1 Å². The number of nitrogen functional groups attached to an aromatic ring is 1. The van der Waals surface area contributed by atoms with Gasteiger partial charge in [0.1, 0.15) is 11.0 Å². The van der Waals surface area contributed by atoms with Crippen LogP contribution in [0.15, 0.2) is 18.5 Å². The number of rotatable bonds is 5. The number of hydrogen-bond acceptors (Lipinski definition) is 6. The summed E-state index contributed by atoms with van der Waals surface area (Å²) in [4.78, 5) is 12.0. The van der Waals surface area contributed by atoms with E-state index in [1.165, 1.54) is 11.3 Å². The van der Waals surface area contributed by atoms with Crippen LogP contribution in [0.2, 0.25) is 0 Å². The van der Waals surface area contributed by atoms with Crippen LogP contribution in [-0.2, 0) is 11.3 Å². The third-order valence-electron chi connectivity index (χ3n) is 2.43. The first-order chi connectivity index (χ1) is 8.70. The van der Waals surface area contributed by atoms with Crippen molar-refractivity contribution in [2.75, 3.05) is 5.73 Å². The van der Waals surface area contributed by atoms with Gasteiger partial charge in [0, 0.05) is 12.4 Å². The van der Waals surface area contributed by atoms with E-state index in [1.807, 2.05) is 6.92 Å². The van der Waals surface area contributed by atoms with Gasteiger partial charge in [-0.2, -0.15) is 5.10 Å². The molecular weight excluding hydrogens is 252 g/mol. The maximum Gasteiger partial charge on any atom is 0.245 e. The summed E-state index contributed by atoms with van der Waals surface area (Å²) in [5.74, 6) is -0.0880. The Morgan fingerprint density at radius 3 is 3.00 bits per heavy atom. The number of nitrogens with one attached hydrogen (secondary N) is 1. The molecule has 0 aliphatic heterocycles. The number of anilines is 1. The van der Waals surface area contributed by atoms with E-state index in [2.05, 4.69) is 20.6 Å². The molecule has 18 heavy (non-hydrogen) atoms. The van der Waals surface area contributed by atoms with Crippen LogP contribution in [0, 0.1) is 0 Å². The van der Waals surface area contributed by atoms with Crippen LogP contribution in [-0.4, -0.2) is 25.9 Å². The minimum Gasteiger partial charge on any atom is -0.374 e. The van der Waals surface area contributed by atoms with Gasteiger partial charge in [0.05, 0.1) is 6.54 Å². The summed E-state index contributed by atoms with van der Waals surface area (Å²) in [6.07, 6.45) is 4.10. The lowest BCUT2D eigenvalue weighted by Crippen LogP contribution is -2.32. The van der Waals surface area contributed by atoms with Gasteiger partial charge in [0.15, 0.2) is 0 Å². The molecule has 3 N–H and O–H groups in total. The van der Waals surface area contributed by atoms with Crippen LogP contribution in [0.3, 0.4) is 0 Å². The zero-order chi connectivity index (χ0) is 13.0. The molecule has 8 heteroatoms. The number of nitrogens with zero attached hydrogens (tertiary/aromatic N) is 4.